The second-order valence-corrected chi connectivity index (χ2v) is 9.36. The van der Waals surface area contributed by atoms with Gasteiger partial charge in [-0.05, 0) is 18.9 Å². The number of hydrogen-bond donors (Lipinski definition) is 1. The summed E-state index contributed by atoms with van der Waals surface area (Å²) in [5, 5.41) is 13.2. The Bertz CT molecular complexity index is 1070. The van der Waals surface area contributed by atoms with Crippen LogP contribution in [0.3, 0.4) is 0 Å². The molecule has 3 aliphatic rings. The Labute approximate surface area is 194 Å². The van der Waals surface area contributed by atoms with E-state index in [1.807, 2.05) is 17.0 Å². The van der Waals surface area contributed by atoms with E-state index >= 15 is 0 Å². The number of halogens is 3. The lowest BCUT2D eigenvalue weighted by atomic mass is 9.98. The maximum atomic E-state index is 14.0. The summed E-state index contributed by atoms with van der Waals surface area (Å²) in [6.07, 6.45) is 5.09. The third-order valence-electron chi connectivity index (χ3n) is 6.76. The molecular weight excluding hydrogens is 456 g/mol. The third kappa shape index (κ3) is 4.38. The molecule has 0 unspecified atom stereocenters. The third-order valence-corrected chi connectivity index (χ3v) is 7.11. The van der Waals surface area contributed by atoms with Crippen molar-refractivity contribution < 1.29 is 18.6 Å². The first-order valence-electron chi connectivity index (χ1n) is 11.2. The minimum atomic E-state index is -2.59. The molecule has 0 spiro atoms. The SMILES string of the molecule is O=c1c(Cl)c(N2CC[C@@H](Oc3cc(N4[C@@H]5CC[C@H]4CC(F)(F)C5)ccn3)C2)cnn1CCO. The topological polar surface area (TPSA) is 83.7 Å². The number of piperidine rings is 1. The van der Waals surface area contributed by atoms with Crippen molar-refractivity contribution in [2.75, 3.05) is 29.5 Å². The molecule has 2 aromatic rings. The summed E-state index contributed by atoms with van der Waals surface area (Å²) >= 11 is 6.27. The first-order valence-corrected chi connectivity index (χ1v) is 11.6. The summed E-state index contributed by atoms with van der Waals surface area (Å²) in [5.41, 5.74) is 0.968. The lowest BCUT2D eigenvalue weighted by Gasteiger charge is -2.40. The number of aromatic nitrogens is 3. The fourth-order valence-corrected chi connectivity index (χ4v) is 5.59. The van der Waals surface area contributed by atoms with E-state index in [0.717, 1.165) is 23.2 Å². The molecule has 178 valence electrons. The molecule has 5 heterocycles. The van der Waals surface area contributed by atoms with Crippen LogP contribution in [-0.2, 0) is 6.54 Å². The zero-order valence-electron chi connectivity index (χ0n) is 18.0. The molecule has 0 amide bonds. The van der Waals surface area contributed by atoms with Gasteiger partial charge in [-0.3, -0.25) is 4.79 Å². The molecule has 3 atom stereocenters. The standard InChI is InChI=1S/C22H26ClF2N5O3/c23-20-18(12-27-29(7-8-31)21(20)32)28-6-4-17(13-28)33-19-9-14(3-5-26-19)30-15-1-2-16(30)11-22(24,25)10-15/h3,5,9,12,15-17,31H,1-2,4,6-8,10-11,13H2/t15-,16+,17-/m1/s1. The van der Waals surface area contributed by atoms with E-state index < -0.39 is 11.5 Å². The molecule has 0 radical (unpaired) electrons. The van der Waals surface area contributed by atoms with E-state index in [2.05, 4.69) is 15.0 Å². The predicted molar refractivity (Wildman–Crippen MR) is 120 cm³/mol. The first kappa shape index (κ1) is 22.3. The van der Waals surface area contributed by atoms with Crippen molar-refractivity contribution in [2.24, 2.45) is 0 Å². The second-order valence-electron chi connectivity index (χ2n) is 8.98. The van der Waals surface area contributed by atoms with Gasteiger partial charge in [-0.2, -0.15) is 5.10 Å². The average molecular weight is 482 g/mol. The molecule has 0 aromatic carbocycles. The average Bonchev–Trinajstić information content (AvgIpc) is 3.34. The van der Waals surface area contributed by atoms with E-state index in [0.29, 0.717) is 31.1 Å². The van der Waals surface area contributed by atoms with Crippen LogP contribution in [0.1, 0.15) is 32.1 Å². The number of aliphatic hydroxyl groups is 1. The summed E-state index contributed by atoms with van der Waals surface area (Å²) in [5.74, 6) is -2.13. The lowest BCUT2D eigenvalue weighted by Crippen LogP contribution is -2.47. The minimum absolute atomic E-state index is 0.0663. The number of ether oxygens (including phenoxy) is 1. The van der Waals surface area contributed by atoms with E-state index in [1.54, 1.807) is 6.20 Å². The van der Waals surface area contributed by atoms with Gasteiger partial charge in [-0.25, -0.2) is 18.4 Å². The zero-order chi connectivity index (χ0) is 23.2. The van der Waals surface area contributed by atoms with Crippen LogP contribution in [-0.4, -0.2) is 63.7 Å². The van der Waals surface area contributed by atoms with E-state index in [4.69, 9.17) is 21.4 Å². The molecule has 2 aromatic heterocycles. The van der Waals surface area contributed by atoms with Crippen LogP contribution in [0.2, 0.25) is 5.02 Å². The molecule has 2 bridgehead atoms. The van der Waals surface area contributed by atoms with Gasteiger partial charge in [0.15, 0.2) is 0 Å². The van der Waals surface area contributed by atoms with Crippen molar-refractivity contribution >= 4 is 23.0 Å². The van der Waals surface area contributed by atoms with Crippen molar-refractivity contribution in [3.05, 3.63) is 39.9 Å². The fourth-order valence-electron chi connectivity index (χ4n) is 5.33. The molecule has 0 saturated carbocycles. The molecule has 11 heteroatoms. The number of fused-ring (bicyclic) bond motifs is 2. The van der Waals surface area contributed by atoms with E-state index in [9.17, 15) is 13.6 Å². The molecule has 0 aliphatic carbocycles. The second kappa shape index (κ2) is 8.72. The van der Waals surface area contributed by atoms with Gasteiger partial charge in [-0.1, -0.05) is 11.6 Å². The molecule has 3 fully saturated rings. The van der Waals surface area contributed by atoms with Crippen molar-refractivity contribution in [1.82, 2.24) is 14.8 Å². The van der Waals surface area contributed by atoms with Crippen molar-refractivity contribution in [2.45, 2.75) is 62.8 Å². The van der Waals surface area contributed by atoms with Crippen molar-refractivity contribution in [3.63, 3.8) is 0 Å². The van der Waals surface area contributed by atoms with E-state index in [1.165, 1.54) is 6.20 Å². The van der Waals surface area contributed by atoms with Crippen LogP contribution in [0.15, 0.2) is 29.3 Å². The summed E-state index contributed by atoms with van der Waals surface area (Å²) in [6.45, 7) is 1.04. The van der Waals surface area contributed by atoms with Crippen LogP contribution in [0.4, 0.5) is 20.2 Å². The predicted octanol–water partition coefficient (Wildman–Crippen LogP) is 2.71. The van der Waals surface area contributed by atoms with E-state index in [-0.39, 0.29) is 49.2 Å². The minimum Gasteiger partial charge on any atom is -0.472 e. The van der Waals surface area contributed by atoms with Crippen molar-refractivity contribution in [1.29, 1.82) is 0 Å². The van der Waals surface area contributed by atoms with Gasteiger partial charge < -0.3 is 19.6 Å². The highest BCUT2D eigenvalue weighted by atomic mass is 35.5. The normalized spacial score (nSPS) is 26.1. The Morgan fingerprint density at radius 3 is 2.73 bits per heavy atom. The monoisotopic (exact) mass is 481 g/mol. The Balaban J connectivity index is 1.27. The van der Waals surface area contributed by atoms with Gasteiger partial charge in [0.05, 0.1) is 31.6 Å². The highest BCUT2D eigenvalue weighted by molar-refractivity contribution is 6.33. The van der Waals surface area contributed by atoms with Gasteiger partial charge in [0, 0.05) is 55.8 Å². The number of anilines is 2. The molecule has 1 N–H and O–H groups in total. The van der Waals surface area contributed by atoms with Gasteiger partial charge in [0.1, 0.15) is 11.1 Å². The van der Waals surface area contributed by atoms with Crippen molar-refractivity contribution in [3.8, 4) is 5.88 Å². The fraction of sp³-hybridized carbons (Fsp3) is 0.591. The van der Waals surface area contributed by atoms with Crippen LogP contribution < -0.4 is 20.1 Å². The maximum Gasteiger partial charge on any atom is 0.287 e. The summed E-state index contributed by atoms with van der Waals surface area (Å²) in [4.78, 5) is 20.7. The van der Waals surface area contributed by atoms with Crippen LogP contribution in [0.5, 0.6) is 5.88 Å². The van der Waals surface area contributed by atoms with Gasteiger partial charge in [0.2, 0.25) is 5.88 Å². The highest BCUT2D eigenvalue weighted by Gasteiger charge is 2.49. The molecule has 5 rings (SSSR count). The largest absolute Gasteiger partial charge is 0.472 e. The summed E-state index contributed by atoms with van der Waals surface area (Å²) < 4.78 is 35.2. The molecule has 33 heavy (non-hydrogen) atoms. The lowest BCUT2D eigenvalue weighted by molar-refractivity contribution is -0.0357. The molecule has 3 saturated heterocycles. The van der Waals surface area contributed by atoms with Crippen LogP contribution in [0, 0.1) is 0 Å². The molecule has 8 nitrogen and oxygen atoms in total. The number of hydrogen-bond acceptors (Lipinski definition) is 7. The summed E-state index contributed by atoms with van der Waals surface area (Å²) in [6, 6.07) is 3.38. The number of aliphatic hydroxyl groups excluding tert-OH is 1. The van der Waals surface area contributed by atoms with Gasteiger partial charge in [0.25, 0.3) is 11.5 Å². The number of rotatable bonds is 6. The van der Waals surface area contributed by atoms with Gasteiger partial charge in [-0.15, -0.1) is 0 Å². The maximum absolute atomic E-state index is 14.0. The Hall–Kier alpha value is -2.46. The smallest absolute Gasteiger partial charge is 0.287 e. The Morgan fingerprint density at radius 1 is 1.24 bits per heavy atom. The highest BCUT2D eigenvalue weighted by Crippen LogP contribution is 2.46. The number of alkyl halides is 2. The summed E-state index contributed by atoms with van der Waals surface area (Å²) in [7, 11) is 0. The first-order chi connectivity index (χ1) is 15.8. The zero-order valence-corrected chi connectivity index (χ0v) is 18.8. The number of pyridine rings is 1. The Kier molecular flexibility index (Phi) is 5.90. The number of nitrogens with zero attached hydrogens (tertiary/aromatic N) is 5. The molecular formula is C22H26ClF2N5O3. The van der Waals surface area contributed by atoms with Crippen LogP contribution in [0.25, 0.3) is 0 Å². The quantitative estimate of drug-likeness (QED) is 0.679. The Morgan fingerprint density at radius 2 is 2.00 bits per heavy atom. The van der Waals surface area contributed by atoms with Gasteiger partial charge >= 0.3 is 0 Å². The molecule has 3 aliphatic heterocycles. The van der Waals surface area contributed by atoms with Crippen LogP contribution >= 0.6 is 11.6 Å².